The molecule has 7 heteroatoms. The fraction of sp³-hybridized carbons (Fsp3) is 0.429. The smallest absolute Gasteiger partial charge is 0.206 e. The van der Waals surface area contributed by atoms with Gasteiger partial charge in [0, 0.05) is 30.1 Å². The van der Waals surface area contributed by atoms with Crippen LogP contribution in [0.3, 0.4) is 0 Å². The number of nitrogens with two attached hydrogens (primary N) is 1. The van der Waals surface area contributed by atoms with Gasteiger partial charge in [0.2, 0.25) is 5.95 Å². The molecule has 1 atom stereocenters. The summed E-state index contributed by atoms with van der Waals surface area (Å²) in [5.41, 5.74) is 8.29. The molecular weight excluding hydrogens is 398 g/mol. The molecule has 1 saturated heterocycles. The maximum atomic E-state index is 9.44. The Balaban J connectivity index is 2.25. The fourth-order valence-corrected chi connectivity index (χ4v) is 3.62. The second-order valence-electron chi connectivity index (χ2n) is 5.18. The summed E-state index contributed by atoms with van der Waals surface area (Å²) in [5, 5.41) is 9.44. The Morgan fingerprint density at radius 3 is 2.86 bits per heavy atom. The van der Waals surface area contributed by atoms with Crippen LogP contribution in [0.25, 0.3) is 11.0 Å². The SMILES string of the molecule is CCn1c(N2CC[C@H](N)C2)nc2c(C#N)c(Br)c(Br)cc21. The quantitative estimate of drug-likeness (QED) is 0.822. The van der Waals surface area contributed by atoms with E-state index in [2.05, 4.69) is 54.3 Å². The predicted octanol–water partition coefficient (Wildman–Crippen LogP) is 2.99. The highest BCUT2D eigenvalue weighted by atomic mass is 79.9. The van der Waals surface area contributed by atoms with Gasteiger partial charge in [-0.15, -0.1) is 0 Å². The Labute approximate surface area is 140 Å². The molecule has 2 aromatic rings. The number of halogens is 2. The highest BCUT2D eigenvalue weighted by Gasteiger charge is 2.25. The molecule has 1 fully saturated rings. The summed E-state index contributed by atoms with van der Waals surface area (Å²) in [6, 6.07) is 4.46. The van der Waals surface area contributed by atoms with Crippen molar-refractivity contribution in [2.24, 2.45) is 5.73 Å². The van der Waals surface area contributed by atoms with Gasteiger partial charge in [-0.2, -0.15) is 5.26 Å². The molecule has 1 aromatic carbocycles. The molecular formula is C14H15Br2N5. The lowest BCUT2D eigenvalue weighted by Gasteiger charge is -2.18. The van der Waals surface area contributed by atoms with Crippen molar-refractivity contribution in [3.05, 3.63) is 20.6 Å². The first-order chi connectivity index (χ1) is 10.1. The second kappa shape index (κ2) is 5.59. The van der Waals surface area contributed by atoms with Crippen molar-refractivity contribution in [2.45, 2.75) is 25.9 Å². The van der Waals surface area contributed by atoms with Crippen LogP contribution >= 0.6 is 31.9 Å². The summed E-state index contributed by atoms with van der Waals surface area (Å²) in [5.74, 6) is 0.905. The van der Waals surface area contributed by atoms with Gasteiger partial charge in [0.15, 0.2) is 0 Å². The zero-order valence-corrected chi connectivity index (χ0v) is 14.8. The first-order valence-corrected chi connectivity index (χ1v) is 8.44. The number of rotatable bonds is 2. The Hall–Kier alpha value is -1.10. The van der Waals surface area contributed by atoms with E-state index in [9.17, 15) is 5.26 Å². The lowest BCUT2D eigenvalue weighted by Crippen LogP contribution is -2.28. The van der Waals surface area contributed by atoms with E-state index in [0.29, 0.717) is 5.56 Å². The van der Waals surface area contributed by atoms with Crippen LogP contribution in [0.15, 0.2) is 15.0 Å². The highest BCUT2D eigenvalue weighted by molar-refractivity contribution is 9.13. The molecule has 1 aliphatic heterocycles. The van der Waals surface area contributed by atoms with E-state index >= 15 is 0 Å². The molecule has 1 aliphatic rings. The van der Waals surface area contributed by atoms with Crippen LogP contribution in [-0.4, -0.2) is 28.7 Å². The molecule has 0 unspecified atom stereocenters. The van der Waals surface area contributed by atoms with Crippen LogP contribution in [0.2, 0.25) is 0 Å². The van der Waals surface area contributed by atoms with Crippen LogP contribution < -0.4 is 10.6 Å². The predicted molar refractivity (Wildman–Crippen MR) is 90.3 cm³/mol. The average Bonchev–Trinajstić information content (AvgIpc) is 3.03. The zero-order chi connectivity index (χ0) is 15.1. The Morgan fingerprint density at radius 2 is 2.29 bits per heavy atom. The Bertz CT molecular complexity index is 746. The molecule has 110 valence electrons. The molecule has 21 heavy (non-hydrogen) atoms. The number of nitriles is 1. The van der Waals surface area contributed by atoms with Gasteiger partial charge in [0.05, 0.1) is 15.6 Å². The standard InChI is InChI=1S/C14H15Br2N5/c1-2-21-11-5-10(15)12(16)9(6-17)13(11)19-14(21)20-4-3-8(18)7-20/h5,8H,2-4,7,18H2,1H3/t8-/m0/s1. The molecule has 2 N–H and O–H groups in total. The van der Waals surface area contributed by atoms with Crippen LogP contribution in [0.1, 0.15) is 18.9 Å². The summed E-state index contributed by atoms with van der Waals surface area (Å²) in [7, 11) is 0. The van der Waals surface area contributed by atoms with E-state index in [1.165, 1.54) is 0 Å². The van der Waals surface area contributed by atoms with Gasteiger partial charge in [-0.05, 0) is 51.3 Å². The number of fused-ring (bicyclic) bond motifs is 1. The maximum absolute atomic E-state index is 9.44. The normalized spacial score (nSPS) is 18.4. The molecule has 1 aromatic heterocycles. The summed E-state index contributed by atoms with van der Waals surface area (Å²) >= 11 is 6.96. The van der Waals surface area contributed by atoms with E-state index in [1.807, 2.05) is 6.07 Å². The molecule has 0 amide bonds. The number of benzene rings is 1. The molecule has 3 rings (SSSR count). The van der Waals surface area contributed by atoms with Gasteiger partial charge in [-0.1, -0.05) is 0 Å². The molecule has 0 radical (unpaired) electrons. The third-order valence-electron chi connectivity index (χ3n) is 3.85. The molecule has 0 spiro atoms. The van der Waals surface area contributed by atoms with Gasteiger partial charge in [0.1, 0.15) is 11.6 Å². The third-order valence-corrected chi connectivity index (χ3v) is 5.83. The molecule has 0 saturated carbocycles. The van der Waals surface area contributed by atoms with Crippen LogP contribution in [0.4, 0.5) is 5.95 Å². The van der Waals surface area contributed by atoms with Crippen molar-refractivity contribution >= 4 is 48.8 Å². The van der Waals surface area contributed by atoms with Gasteiger partial charge in [-0.25, -0.2) is 4.98 Å². The van der Waals surface area contributed by atoms with Crippen molar-refractivity contribution in [3.8, 4) is 6.07 Å². The van der Waals surface area contributed by atoms with Crippen molar-refractivity contribution in [1.82, 2.24) is 9.55 Å². The first kappa shape index (κ1) is 14.8. The number of nitrogens with zero attached hydrogens (tertiary/aromatic N) is 4. The Morgan fingerprint density at radius 1 is 1.52 bits per heavy atom. The third kappa shape index (κ3) is 2.35. The van der Waals surface area contributed by atoms with Crippen LogP contribution in [0, 0.1) is 11.3 Å². The van der Waals surface area contributed by atoms with Gasteiger partial charge in [0.25, 0.3) is 0 Å². The summed E-state index contributed by atoms with van der Waals surface area (Å²) in [6.07, 6.45) is 0.978. The monoisotopic (exact) mass is 411 g/mol. The lowest BCUT2D eigenvalue weighted by molar-refractivity contribution is 0.731. The summed E-state index contributed by atoms with van der Waals surface area (Å²) < 4.78 is 3.76. The average molecular weight is 413 g/mol. The topological polar surface area (TPSA) is 70.9 Å². The minimum atomic E-state index is 0.198. The van der Waals surface area contributed by atoms with Gasteiger partial charge in [-0.3, -0.25) is 0 Å². The van der Waals surface area contributed by atoms with Crippen molar-refractivity contribution in [1.29, 1.82) is 5.26 Å². The minimum absolute atomic E-state index is 0.198. The number of aromatic nitrogens is 2. The zero-order valence-electron chi connectivity index (χ0n) is 11.6. The molecule has 0 aliphatic carbocycles. The number of hydrogen-bond donors (Lipinski definition) is 1. The van der Waals surface area contributed by atoms with E-state index in [0.717, 1.165) is 52.0 Å². The van der Waals surface area contributed by atoms with E-state index in [-0.39, 0.29) is 6.04 Å². The number of anilines is 1. The minimum Gasteiger partial charge on any atom is -0.341 e. The second-order valence-corrected chi connectivity index (χ2v) is 6.83. The van der Waals surface area contributed by atoms with Crippen LogP contribution in [-0.2, 0) is 6.54 Å². The van der Waals surface area contributed by atoms with Crippen molar-refractivity contribution in [2.75, 3.05) is 18.0 Å². The first-order valence-electron chi connectivity index (χ1n) is 6.85. The Kier molecular flexibility index (Phi) is 3.95. The number of imidazole rings is 1. The van der Waals surface area contributed by atoms with E-state index in [1.54, 1.807) is 0 Å². The largest absolute Gasteiger partial charge is 0.341 e. The maximum Gasteiger partial charge on any atom is 0.206 e. The molecule has 5 nitrogen and oxygen atoms in total. The van der Waals surface area contributed by atoms with Crippen molar-refractivity contribution in [3.63, 3.8) is 0 Å². The van der Waals surface area contributed by atoms with Gasteiger partial charge < -0.3 is 15.2 Å². The molecule has 2 heterocycles. The van der Waals surface area contributed by atoms with Crippen molar-refractivity contribution < 1.29 is 0 Å². The number of aryl methyl sites for hydroxylation is 1. The van der Waals surface area contributed by atoms with Gasteiger partial charge >= 0.3 is 0 Å². The molecule has 0 bridgehead atoms. The lowest BCUT2D eigenvalue weighted by atomic mass is 10.2. The number of hydrogen-bond acceptors (Lipinski definition) is 4. The highest BCUT2D eigenvalue weighted by Crippen LogP contribution is 2.35. The van der Waals surface area contributed by atoms with E-state index in [4.69, 9.17) is 10.7 Å². The summed E-state index contributed by atoms with van der Waals surface area (Å²) in [6.45, 7) is 4.61. The summed E-state index contributed by atoms with van der Waals surface area (Å²) in [4.78, 5) is 6.94. The van der Waals surface area contributed by atoms with Crippen LogP contribution in [0.5, 0.6) is 0 Å². The fourth-order valence-electron chi connectivity index (χ4n) is 2.81. The van der Waals surface area contributed by atoms with E-state index < -0.39 is 0 Å².